The van der Waals surface area contributed by atoms with Gasteiger partial charge in [0.15, 0.2) is 0 Å². The molecule has 0 spiro atoms. The van der Waals surface area contributed by atoms with Crippen LogP contribution in [0, 0.1) is 6.92 Å². The maximum atomic E-state index is 10.8. The van der Waals surface area contributed by atoms with Gasteiger partial charge in [0.1, 0.15) is 0 Å². The predicted octanol–water partition coefficient (Wildman–Crippen LogP) is 1.79. The van der Waals surface area contributed by atoms with Gasteiger partial charge in [0.05, 0.1) is 5.56 Å². The third kappa shape index (κ3) is 2.12. The van der Waals surface area contributed by atoms with Crippen molar-refractivity contribution in [2.24, 2.45) is 0 Å². The molecule has 0 saturated carbocycles. The lowest BCUT2D eigenvalue weighted by molar-refractivity contribution is 0.0696. The largest absolute Gasteiger partial charge is 0.478 e. The lowest BCUT2D eigenvalue weighted by Crippen LogP contribution is -2.04. The molecule has 0 aromatic heterocycles. The fourth-order valence-electron chi connectivity index (χ4n) is 1.28. The van der Waals surface area contributed by atoms with E-state index in [1.807, 2.05) is 13.0 Å². The van der Waals surface area contributed by atoms with Crippen LogP contribution in [-0.2, 0) is 0 Å². The van der Waals surface area contributed by atoms with Crippen molar-refractivity contribution in [2.75, 3.05) is 6.61 Å². The first-order chi connectivity index (χ1) is 6.56. The third-order valence-electron chi connectivity index (χ3n) is 2.33. The molecule has 3 nitrogen and oxygen atoms in total. The number of aryl methyl sites for hydroxylation is 1. The SMILES string of the molecule is Cc1ccc(C(C)CO)cc1C(=O)O. The van der Waals surface area contributed by atoms with Gasteiger partial charge in [-0.15, -0.1) is 0 Å². The van der Waals surface area contributed by atoms with Crippen LogP contribution in [0.15, 0.2) is 18.2 Å². The molecule has 0 aliphatic heterocycles. The van der Waals surface area contributed by atoms with Gasteiger partial charge >= 0.3 is 5.97 Å². The Labute approximate surface area is 83.0 Å². The number of carbonyl (C=O) groups is 1. The first kappa shape index (κ1) is 10.7. The molecule has 0 aliphatic rings. The van der Waals surface area contributed by atoms with Gasteiger partial charge < -0.3 is 10.2 Å². The molecule has 0 bridgehead atoms. The number of hydrogen-bond donors (Lipinski definition) is 2. The number of carboxylic acid groups (broad SMARTS) is 1. The van der Waals surface area contributed by atoms with Crippen molar-refractivity contribution in [3.63, 3.8) is 0 Å². The van der Waals surface area contributed by atoms with Crippen LogP contribution in [0.5, 0.6) is 0 Å². The zero-order valence-electron chi connectivity index (χ0n) is 8.32. The molecule has 0 radical (unpaired) electrons. The Hall–Kier alpha value is -1.35. The Kier molecular flexibility index (Phi) is 3.25. The minimum atomic E-state index is -0.922. The highest BCUT2D eigenvalue weighted by Gasteiger charge is 2.10. The van der Waals surface area contributed by atoms with Crippen molar-refractivity contribution in [3.8, 4) is 0 Å². The van der Waals surface area contributed by atoms with Crippen LogP contribution in [0.2, 0.25) is 0 Å². The topological polar surface area (TPSA) is 57.5 Å². The maximum absolute atomic E-state index is 10.8. The molecule has 2 N–H and O–H groups in total. The quantitative estimate of drug-likeness (QED) is 0.771. The summed E-state index contributed by atoms with van der Waals surface area (Å²) in [5.41, 5.74) is 1.91. The van der Waals surface area contributed by atoms with E-state index in [1.165, 1.54) is 0 Å². The van der Waals surface area contributed by atoms with Gasteiger partial charge in [-0.1, -0.05) is 19.1 Å². The van der Waals surface area contributed by atoms with Crippen LogP contribution in [0.4, 0.5) is 0 Å². The lowest BCUT2D eigenvalue weighted by atomic mass is 9.97. The fourth-order valence-corrected chi connectivity index (χ4v) is 1.28. The highest BCUT2D eigenvalue weighted by atomic mass is 16.4. The van der Waals surface area contributed by atoms with E-state index in [0.29, 0.717) is 5.56 Å². The molecule has 0 amide bonds. The average molecular weight is 194 g/mol. The van der Waals surface area contributed by atoms with E-state index in [9.17, 15) is 4.79 Å². The molecule has 0 saturated heterocycles. The van der Waals surface area contributed by atoms with Crippen molar-refractivity contribution in [2.45, 2.75) is 19.8 Å². The summed E-state index contributed by atoms with van der Waals surface area (Å²) in [4.78, 5) is 10.8. The second-order valence-electron chi connectivity index (χ2n) is 3.46. The number of benzene rings is 1. The van der Waals surface area contributed by atoms with E-state index >= 15 is 0 Å². The molecule has 1 rings (SSSR count). The molecular formula is C11H14O3. The van der Waals surface area contributed by atoms with Crippen LogP contribution >= 0.6 is 0 Å². The third-order valence-corrected chi connectivity index (χ3v) is 2.33. The Morgan fingerprint density at radius 1 is 1.50 bits per heavy atom. The molecular weight excluding hydrogens is 180 g/mol. The number of rotatable bonds is 3. The maximum Gasteiger partial charge on any atom is 0.335 e. The van der Waals surface area contributed by atoms with Crippen LogP contribution < -0.4 is 0 Å². The molecule has 76 valence electrons. The summed E-state index contributed by atoms with van der Waals surface area (Å²) in [6, 6.07) is 5.24. The number of carboxylic acids is 1. The van der Waals surface area contributed by atoms with E-state index in [1.54, 1.807) is 19.1 Å². The van der Waals surface area contributed by atoms with Gasteiger partial charge in [-0.2, -0.15) is 0 Å². The van der Waals surface area contributed by atoms with Crippen molar-refractivity contribution in [1.82, 2.24) is 0 Å². The number of aliphatic hydroxyl groups excluding tert-OH is 1. The molecule has 14 heavy (non-hydrogen) atoms. The van der Waals surface area contributed by atoms with Crippen molar-refractivity contribution < 1.29 is 15.0 Å². The number of hydrogen-bond acceptors (Lipinski definition) is 2. The van der Waals surface area contributed by atoms with Crippen LogP contribution in [0.1, 0.15) is 34.3 Å². The monoisotopic (exact) mass is 194 g/mol. The first-order valence-corrected chi connectivity index (χ1v) is 4.51. The molecule has 0 heterocycles. The Balaban J connectivity index is 3.12. The summed E-state index contributed by atoms with van der Waals surface area (Å²) in [6.07, 6.45) is 0. The summed E-state index contributed by atoms with van der Waals surface area (Å²) >= 11 is 0. The normalized spacial score (nSPS) is 12.5. The Morgan fingerprint density at radius 3 is 2.64 bits per heavy atom. The summed E-state index contributed by atoms with van der Waals surface area (Å²) in [5, 5.41) is 17.8. The highest BCUT2D eigenvalue weighted by molar-refractivity contribution is 5.89. The van der Waals surface area contributed by atoms with Crippen LogP contribution in [0.3, 0.4) is 0 Å². The van der Waals surface area contributed by atoms with Crippen LogP contribution in [0.25, 0.3) is 0 Å². The van der Waals surface area contributed by atoms with Crippen molar-refractivity contribution >= 4 is 5.97 Å². The van der Waals surface area contributed by atoms with E-state index in [0.717, 1.165) is 11.1 Å². The predicted molar refractivity (Wildman–Crippen MR) is 53.6 cm³/mol. The minimum Gasteiger partial charge on any atom is -0.478 e. The zero-order chi connectivity index (χ0) is 10.7. The number of aliphatic hydroxyl groups is 1. The Bertz CT molecular complexity index is 344. The molecule has 3 heteroatoms. The molecule has 1 atom stereocenters. The summed E-state index contributed by atoms with van der Waals surface area (Å²) in [5.74, 6) is -0.941. The molecule has 1 aromatic rings. The summed E-state index contributed by atoms with van der Waals surface area (Å²) < 4.78 is 0. The van der Waals surface area contributed by atoms with Gasteiger partial charge in [-0.25, -0.2) is 4.79 Å². The molecule has 0 aliphatic carbocycles. The van der Waals surface area contributed by atoms with Gasteiger partial charge in [-0.3, -0.25) is 0 Å². The van der Waals surface area contributed by atoms with E-state index < -0.39 is 5.97 Å². The summed E-state index contributed by atoms with van der Waals surface area (Å²) in [6.45, 7) is 3.65. The summed E-state index contributed by atoms with van der Waals surface area (Å²) in [7, 11) is 0. The van der Waals surface area contributed by atoms with E-state index in [2.05, 4.69) is 0 Å². The zero-order valence-corrected chi connectivity index (χ0v) is 8.32. The van der Waals surface area contributed by atoms with Crippen molar-refractivity contribution in [1.29, 1.82) is 0 Å². The van der Waals surface area contributed by atoms with Crippen molar-refractivity contribution in [3.05, 3.63) is 34.9 Å². The minimum absolute atomic E-state index is 0.0197. The molecule has 1 aromatic carbocycles. The Morgan fingerprint density at radius 2 is 2.14 bits per heavy atom. The standard InChI is InChI=1S/C11H14O3/c1-7-3-4-9(8(2)6-12)5-10(7)11(13)14/h3-5,8,12H,6H2,1-2H3,(H,13,14). The van der Waals surface area contributed by atoms with Crippen LogP contribution in [-0.4, -0.2) is 22.8 Å². The second-order valence-corrected chi connectivity index (χ2v) is 3.46. The van der Waals surface area contributed by atoms with Gasteiger partial charge in [0.2, 0.25) is 0 Å². The lowest BCUT2D eigenvalue weighted by Gasteiger charge is -2.10. The average Bonchev–Trinajstić information content (AvgIpc) is 2.17. The smallest absolute Gasteiger partial charge is 0.335 e. The first-order valence-electron chi connectivity index (χ1n) is 4.51. The fraction of sp³-hybridized carbons (Fsp3) is 0.364. The van der Waals surface area contributed by atoms with Gasteiger partial charge in [0, 0.05) is 12.5 Å². The highest BCUT2D eigenvalue weighted by Crippen LogP contribution is 2.18. The number of aromatic carboxylic acids is 1. The second kappa shape index (κ2) is 4.24. The van der Waals surface area contributed by atoms with E-state index in [4.69, 9.17) is 10.2 Å². The van der Waals surface area contributed by atoms with E-state index in [-0.39, 0.29) is 12.5 Å². The molecule has 0 fully saturated rings. The van der Waals surface area contributed by atoms with Gasteiger partial charge in [0.25, 0.3) is 0 Å². The molecule has 1 unspecified atom stereocenters. The van der Waals surface area contributed by atoms with Gasteiger partial charge in [-0.05, 0) is 24.1 Å².